The van der Waals surface area contributed by atoms with Gasteiger partial charge in [0.05, 0.1) is 0 Å². The first-order valence-corrected chi connectivity index (χ1v) is 30.9. The molecule has 3 fully saturated rings. The molecule has 0 aromatic heterocycles. The molecule has 0 aromatic carbocycles. The molecule has 53 heteroatoms. The lowest BCUT2D eigenvalue weighted by Crippen LogP contribution is -2.71. The predicted octanol–water partition coefficient (Wildman–Crippen LogP) is -9.04. The molecule has 21 unspecified atom stereocenters. The summed E-state index contributed by atoms with van der Waals surface area (Å²) in [6, 6.07) is 0. The number of aliphatic hydroxyl groups excluding tert-OH is 13. The molecule has 0 aliphatic heterocycles. The number of phosphoric acid groups is 9. The van der Waals surface area contributed by atoms with Crippen LogP contribution in [0, 0.1) is 0 Å². The molecule has 3 aliphatic carbocycles. The van der Waals surface area contributed by atoms with Gasteiger partial charge in [-0.05, 0) is 0 Å². The van der Waals surface area contributed by atoms with Gasteiger partial charge in [-0.3, -0.25) is 18.1 Å². The Bertz CT molecular complexity index is 2300. The summed E-state index contributed by atoms with van der Waals surface area (Å²) >= 11 is 0. The van der Waals surface area contributed by atoms with E-state index < -0.39 is 180 Å². The normalized spacial score (nSPS) is 42.5. The summed E-state index contributed by atoms with van der Waals surface area (Å²) in [7, 11) is -60.9. The third-order valence-corrected chi connectivity index (χ3v) is 21.3. The van der Waals surface area contributed by atoms with Gasteiger partial charge in [-0.15, -0.1) is 0 Å². The molecule has 0 bridgehead atoms. The predicted molar refractivity (Wildman–Crippen MR) is 201 cm³/mol. The summed E-state index contributed by atoms with van der Waals surface area (Å²) in [5.41, 5.74) is 0. The Hall–Kier alpha value is 0.670. The molecule has 3 aliphatic rings. The standard InChI is InChI=1S/C18H41O44P9/c19-1-2(20)5(23)12(6(24)3(1)21)54-71(51,62-69(47,48)58-64(36,37)38)55-13-7(25)8(26)14(52-65(39,40)59-68(45,46)57-63(33,34)35)15(11(13)29)53-66(41,42)60-70(49,50)61-67(43,44)56-18(32)16(30)9(27)4(22)10(28)17(18)31/h1-17,19-32H,(H,39,40)(H,41,42)(H,43,44)(H,45,46)(H,47,48)(H,49,50)(H2,33,34,35)(H2,36,37,38). The van der Waals surface area contributed by atoms with Crippen molar-refractivity contribution in [2.45, 2.75) is 110 Å². The molecule has 44 nitrogen and oxygen atoms in total. The topological polar surface area (TPSA) is 741 Å². The van der Waals surface area contributed by atoms with Crippen molar-refractivity contribution >= 4 is 70.4 Å². The zero-order valence-corrected chi connectivity index (χ0v) is 41.3. The summed E-state index contributed by atoms with van der Waals surface area (Å²) in [6.45, 7) is 0. The van der Waals surface area contributed by atoms with E-state index >= 15 is 0 Å². The molecule has 0 heterocycles. The van der Waals surface area contributed by atoms with Crippen molar-refractivity contribution in [1.82, 2.24) is 0 Å². The van der Waals surface area contributed by atoms with E-state index in [9.17, 15) is 142 Å². The second-order valence-electron chi connectivity index (χ2n) is 14.1. The molecule has 0 radical (unpaired) electrons. The van der Waals surface area contributed by atoms with Gasteiger partial charge in [0, 0.05) is 0 Å². The molecular formula is C18H41O44P9. The minimum absolute atomic E-state index is 2.54. The smallest absolute Gasteiger partial charge is 0.387 e. The largest absolute Gasteiger partial charge is 0.490 e. The summed E-state index contributed by atoms with van der Waals surface area (Å²) in [6.07, 6.45) is -52.9. The van der Waals surface area contributed by atoms with Crippen LogP contribution in [-0.2, 0) is 89.6 Å². The van der Waals surface area contributed by atoms with Crippen LogP contribution in [-0.4, -0.2) is 230 Å². The van der Waals surface area contributed by atoms with Crippen LogP contribution in [0.1, 0.15) is 0 Å². The third kappa shape index (κ3) is 17.3. The fourth-order valence-electron chi connectivity index (χ4n) is 5.95. The van der Waals surface area contributed by atoms with E-state index in [-0.39, 0.29) is 0 Å². The van der Waals surface area contributed by atoms with Gasteiger partial charge in [0.1, 0.15) is 104 Å². The van der Waals surface area contributed by atoms with E-state index in [0.29, 0.717) is 0 Å². The Morgan fingerprint density at radius 2 is 0.549 bits per heavy atom. The number of hydrogen-bond acceptors (Lipinski definition) is 34. The van der Waals surface area contributed by atoms with Crippen LogP contribution in [0.5, 0.6) is 0 Å². The minimum atomic E-state index is -7.14. The number of hydrogen-bond donors (Lipinski definition) is 24. The zero-order valence-electron chi connectivity index (χ0n) is 33.2. The fourth-order valence-corrected chi connectivity index (χ4v) is 17.0. The average Bonchev–Trinajstić information content (AvgIpc) is 3.14. The first-order chi connectivity index (χ1) is 31.4. The highest BCUT2D eigenvalue weighted by Gasteiger charge is 2.64. The van der Waals surface area contributed by atoms with E-state index in [4.69, 9.17) is 19.6 Å². The Balaban J connectivity index is 2.14. The quantitative estimate of drug-likeness (QED) is 0.0354. The molecule has 0 amide bonds. The summed E-state index contributed by atoms with van der Waals surface area (Å²) < 4.78 is 155. The maximum atomic E-state index is 14.0. The van der Waals surface area contributed by atoms with Crippen LogP contribution in [0.25, 0.3) is 0 Å². The molecular weight excluding hydrogens is 1200 g/mol. The molecule has 0 aromatic rings. The highest BCUT2D eigenvalue weighted by molar-refractivity contribution is 7.68. The molecule has 0 spiro atoms. The van der Waals surface area contributed by atoms with E-state index in [1.165, 1.54) is 0 Å². The van der Waals surface area contributed by atoms with Crippen molar-refractivity contribution in [2.24, 2.45) is 0 Å². The van der Waals surface area contributed by atoms with Gasteiger partial charge in [-0.1, -0.05) is 0 Å². The highest BCUT2D eigenvalue weighted by Crippen LogP contribution is 2.72. The number of phosphoric ester groups is 4. The van der Waals surface area contributed by atoms with Crippen LogP contribution in [0.4, 0.5) is 0 Å². The van der Waals surface area contributed by atoms with E-state index in [2.05, 4.69) is 48.5 Å². The second-order valence-corrected chi connectivity index (χ2v) is 27.6. The van der Waals surface area contributed by atoms with Gasteiger partial charge in [0.15, 0.2) is 0 Å². The maximum Gasteiger partial charge on any atom is 0.490 e. The number of aliphatic hydroxyl groups is 14. The first-order valence-electron chi connectivity index (χ1n) is 17.4. The Morgan fingerprint density at radius 1 is 0.282 bits per heavy atom. The summed E-state index contributed by atoms with van der Waals surface area (Å²) in [5, 5.41) is 144. The molecule has 0 saturated heterocycles. The summed E-state index contributed by atoms with van der Waals surface area (Å²) in [4.78, 5) is 95.8. The molecule has 3 rings (SSSR count). The third-order valence-electron chi connectivity index (χ3n) is 8.80. The second kappa shape index (κ2) is 22.8. The van der Waals surface area contributed by atoms with E-state index in [1.54, 1.807) is 0 Å². The van der Waals surface area contributed by atoms with Crippen molar-refractivity contribution < 1.29 is 210 Å². The lowest BCUT2D eigenvalue weighted by molar-refractivity contribution is -0.336. The Labute approximate surface area is 389 Å². The van der Waals surface area contributed by atoms with Crippen molar-refractivity contribution in [3.05, 3.63) is 0 Å². The average molecular weight is 1240 g/mol. The zero-order chi connectivity index (χ0) is 55.6. The van der Waals surface area contributed by atoms with Crippen LogP contribution in [0.3, 0.4) is 0 Å². The van der Waals surface area contributed by atoms with Crippen LogP contribution >= 0.6 is 70.4 Å². The summed E-state index contributed by atoms with van der Waals surface area (Å²) in [5.74, 6) is -4.22. The van der Waals surface area contributed by atoms with Gasteiger partial charge in [0.25, 0.3) is 0 Å². The number of rotatable bonds is 22. The molecule has 24 N–H and O–H groups in total. The van der Waals surface area contributed by atoms with Crippen molar-refractivity contribution in [3.63, 3.8) is 0 Å². The lowest BCUT2D eigenvalue weighted by Gasteiger charge is -2.46. The molecule has 21 atom stereocenters. The van der Waals surface area contributed by atoms with Gasteiger partial charge in [-0.25, -0.2) is 45.6 Å². The highest BCUT2D eigenvalue weighted by atomic mass is 31.3. The Kier molecular flexibility index (Phi) is 21.2. The lowest BCUT2D eigenvalue weighted by atomic mass is 9.82. The van der Waals surface area contributed by atoms with Gasteiger partial charge >= 0.3 is 70.4 Å². The van der Waals surface area contributed by atoms with Crippen molar-refractivity contribution in [2.75, 3.05) is 0 Å². The first kappa shape index (κ1) is 66.0. The maximum absolute atomic E-state index is 14.0. The molecule has 422 valence electrons. The van der Waals surface area contributed by atoms with Crippen molar-refractivity contribution in [1.29, 1.82) is 0 Å². The monoisotopic (exact) mass is 1240 g/mol. The minimum Gasteiger partial charge on any atom is -0.387 e. The van der Waals surface area contributed by atoms with E-state index in [1.807, 2.05) is 0 Å². The molecule has 3 saturated carbocycles. The van der Waals surface area contributed by atoms with Gasteiger partial charge in [-0.2, -0.15) is 25.9 Å². The molecule has 71 heavy (non-hydrogen) atoms. The van der Waals surface area contributed by atoms with Crippen LogP contribution in [0.15, 0.2) is 0 Å². The van der Waals surface area contributed by atoms with Gasteiger partial charge in [0.2, 0.25) is 5.79 Å². The van der Waals surface area contributed by atoms with Crippen LogP contribution < -0.4 is 0 Å². The van der Waals surface area contributed by atoms with Crippen LogP contribution in [0.2, 0.25) is 0 Å². The SMILES string of the molecule is O=P(O)(O)OP(=O)(O)OP(=O)(O)OC1C(O)C(O)C(OP(=O)(OC2C(O)C(O)C(O)C(O)C2O)OP(=O)(O)OP(=O)(O)O)C(O)C1OP(=O)(O)OP(=O)(O)OP(=O)(O)OC1(O)C(O)C(O)C(O)C(O)C1O. The van der Waals surface area contributed by atoms with Gasteiger partial charge < -0.3 is 120 Å². The van der Waals surface area contributed by atoms with E-state index in [0.717, 1.165) is 0 Å². The Morgan fingerprint density at radius 3 is 0.930 bits per heavy atom. The fraction of sp³-hybridized carbons (Fsp3) is 1.00. The van der Waals surface area contributed by atoms with Crippen molar-refractivity contribution in [3.8, 4) is 0 Å².